The fourth-order valence-corrected chi connectivity index (χ4v) is 1.57. The van der Waals surface area contributed by atoms with E-state index in [9.17, 15) is 9.59 Å². The Hall–Kier alpha value is -1.88. The molecule has 0 bridgehead atoms. The first-order chi connectivity index (χ1) is 9.06. The lowest BCUT2D eigenvalue weighted by atomic mass is 10.0. The first-order valence-corrected chi connectivity index (χ1v) is 6.36. The zero-order valence-electron chi connectivity index (χ0n) is 11.1. The number of ether oxygens (including phenoxy) is 1. The lowest BCUT2D eigenvalue weighted by Crippen LogP contribution is -2.34. The number of rotatable bonds is 7. The minimum Gasteiger partial charge on any atom is -0.465 e. The highest BCUT2D eigenvalue weighted by atomic mass is 16.5. The van der Waals surface area contributed by atoms with Crippen LogP contribution in [0, 0.1) is 0 Å². The van der Waals surface area contributed by atoms with Crippen LogP contribution in [0.3, 0.4) is 0 Å². The molecule has 0 radical (unpaired) electrons. The molecular formula is C14H20N2O3. The van der Waals surface area contributed by atoms with E-state index in [2.05, 4.69) is 0 Å². The van der Waals surface area contributed by atoms with Crippen molar-refractivity contribution in [3.05, 3.63) is 29.8 Å². The average Bonchev–Trinajstić information content (AvgIpc) is 2.39. The summed E-state index contributed by atoms with van der Waals surface area (Å²) in [7, 11) is 0. The molecule has 4 N–H and O–H groups in total. The molecule has 0 amide bonds. The highest BCUT2D eigenvalue weighted by molar-refractivity contribution is 6.02. The second kappa shape index (κ2) is 7.53. The Bertz CT molecular complexity index is 446. The number of carbonyl (C=O) groups is 2. The summed E-state index contributed by atoms with van der Waals surface area (Å²) in [6, 6.07) is 5.77. The number of esters is 1. The van der Waals surface area contributed by atoms with Gasteiger partial charge in [-0.05, 0) is 18.6 Å². The van der Waals surface area contributed by atoms with E-state index in [1.165, 1.54) is 0 Å². The maximum atomic E-state index is 11.9. The van der Waals surface area contributed by atoms with Gasteiger partial charge in [-0.1, -0.05) is 25.5 Å². The fraction of sp³-hybridized carbons (Fsp3) is 0.429. The molecule has 104 valence electrons. The van der Waals surface area contributed by atoms with Gasteiger partial charge >= 0.3 is 5.97 Å². The summed E-state index contributed by atoms with van der Waals surface area (Å²) in [6.07, 6.45) is 1.62. The van der Waals surface area contributed by atoms with Gasteiger partial charge in [0.1, 0.15) is 6.04 Å². The van der Waals surface area contributed by atoms with Gasteiger partial charge in [-0.15, -0.1) is 0 Å². The van der Waals surface area contributed by atoms with Gasteiger partial charge < -0.3 is 16.2 Å². The topological polar surface area (TPSA) is 95.4 Å². The van der Waals surface area contributed by atoms with Crippen LogP contribution in [0.4, 0.5) is 5.69 Å². The van der Waals surface area contributed by atoms with Crippen LogP contribution in [0.15, 0.2) is 24.3 Å². The Morgan fingerprint density at radius 3 is 2.63 bits per heavy atom. The van der Waals surface area contributed by atoms with Crippen molar-refractivity contribution in [3.63, 3.8) is 0 Å². The van der Waals surface area contributed by atoms with Crippen molar-refractivity contribution in [2.24, 2.45) is 5.73 Å². The SMILES string of the molecule is CCCCOC(=O)C(N)CC(=O)c1ccccc1N. The third-order valence-electron chi connectivity index (χ3n) is 2.71. The summed E-state index contributed by atoms with van der Waals surface area (Å²) in [5.41, 5.74) is 12.1. The van der Waals surface area contributed by atoms with Gasteiger partial charge in [-0.25, -0.2) is 0 Å². The molecule has 1 aromatic rings. The lowest BCUT2D eigenvalue weighted by Gasteiger charge is -2.11. The molecule has 0 aromatic heterocycles. The first-order valence-electron chi connectivity index (χ1n) is 6.36. The molecule has 0 aliphatic rings. The van der Waals surface area contributed by atoms with Gasteiger partial charge in [0.2, 0.25) is 0 Å². The minimum atomic E-state index is -0.941. The molecule has 0 heterocycles. The normalized spacial score (nSPS) is 11.9. The van der Waals surface area contributed by atoms with Gasteiger partial charge in [0, 0.05) is 17.7 Å². The number of carbonyl (C=O) groups excluding carboxylic acids is 2. The molecule has 19 heavy (non-hydrogen) atoms. The molecule has 0 saturated carbocycles. The summed E-state index contributed by atoms with van der Waals surface area (Å²) >= 11 is 0. The number of nitrogens with two attached hydrogens (primary N) is 2. The minimum absolute atomic E-state index is 0.0980. The monoisotopic (exact) mass is 264 g/mol. The van der Waals surface area contributed by atoms with Crippen LogP contribution < -0.4 is 11.5 Å². The van der Waals surface area contributed by atoms with Crippen LogP contribution in [-0.4, -0.2) is 24.4 Å². The zero-order valence-corrected chi connectivity index (χ0v) is 11.1. The Balaban J connectivity index is 2.52. The van der Waals surface area contributed by atoms with Crippen molar-refractivity contribution in [1.29, 1.82) is 0 Å². The third-order valence-corrected chi connectivity index (χ3v) is 2.71. The van der Waals surface area contributed by atoms with E-state index in [1.807, 2.05) is 6.92 Å². The molecule has 0 spiro atoms. The van der Waals surface area contributed by atoms with Gasteiger partial charge in [0.25, 0.3) is 0 Å². The number of ketones is 1. The second-order valence-corrected chi connectivity index (χ2v) is 4.34. The number of nitrogen functional groups attached to an aromatic ring is 1. The van der Waals surface area contributed by atoms with Crippen LogP contribution in [0.2, 0.25) is 0 Å². The maximum absolute atomic E-state index is 11.9. The summed E-state index contributed by atoms with van der Waals surface area (Å²) in [5, 5.41) is 0. The summed E-state index contributed by atoms with van der Waals surface area (Å²) in [5.74, 6) is -0.797. The maximum Gasteiger partial charge on any atom is 0.323 e. The molecule has 5 heteroatoms. The van der Waals surface area contributed by atoms with Crippen molar-refractivity contribution < 1.29 is 14.3 Å². The van der Waals surface area contributed by atoms with Crippen molar-refractivity contribution in [2.45, 2.75) is 32.2 Å². The molecule has 1 atom stereocenters. The van der Waals surface area contributed by atoms with Crippen molar-refractivity contribution in [2.75, 3.05) is 12.3 Å². The Kier molecular flexibility index (Phi) is 6.02. The molecule has 0 saturated heterocycles. The molecule has 0 aliphatic heterocycles. The molecule has 1 unspecified atom stereocenters. The zero-order chi connectivity index (χ0) is 14.3. The number of unbranched alkanes of at least 4 members (excludes halogenated alkanes) is 1. The molecule has 0 aliphatic carbocycles. The number of hydrogen-bond donors (Lipinski definition) is 2. The predicted molar refractivity (Wildman–Crippen MR) is 73.6 cm³/mol. The smallest absolute Gasteiger partial charge is 0.323 e. The Labute approximate surface area is 112 Å². The highest BCUT2D eigenvalue weighted by Crippen LogP contribution is 2.13. The van der Waals surface area contributed by atoms with E-state index < -0.39 is 12.0 Å². The number of Topliss-reactive ketones (excluding diaryl/α,β-unsaturated/α-hetero) is 1. The Morgan fingerprint density at radius 2 is 2.00 bits per heavy atom. The first kappa shape index (κ1) is 15.2. The quantitative estimate of drug-likeness (QED) is 0.337. The molecule has 1 rings (SSSR count). The van der Waals surface area contributed by atoms with Crippen LogP contribution >= 0.6 is 0 Å². The largest absolute Gasteiger partial charge is 0.465 e. The van der Waals surface area contributed by atoms with Crippen LogP contribution in [0.25, 0.3) is 0 Å². The molecular weight excluding hydrogens is 244 g/mol. The number of benzene rings is 1. The predicted octanol–water partition coefficient (Wildman–Crippen LogP) is 1.51. The van der Waals surface area contributed by atoms with Crippen LogP contribution in [0.1, 0.15) is 36.5 Å². The molecule has 1 aromatic carbocycles. The van der Waals surface area contributed by atoms with Gasteiger partial charge in [0.15, 0.2) is 5.78 Å². The fourth-order valence-electron chi connectivity index (χ4n) is 1.57. The van der Waals surface area contributed by atoms with Gasteiger partial charge in [0.05, 0.1) is 6.61 Å². The van der Waals surface area contributed by atoms with E-state index in [-0.39, 0.29) is 12.2 Å². The van der Waals surface area contributed by atoms with E-state index >= 15 is 0 Å². The van der Waals surface area contributed by atoms with Gasteiger partial charge in [-0.3, -0.25) is 9.59 Å². The van der Waals surface area contributed by atoms with Gasteiger partial charge in [-0.2, -0.15) is 0 Å². The highest BCUT2D eigenvalue weighted by Gasteiger charge is 2.20. The van der Waals surface area contributed by atoms with Crippen molar-refractivity contribution in [1.82, 2.24) is 0 Å². The number of hydrogen-bond acceptors (Lipinski definition) is 5. The molecule has 5 nitrogen and oxygen atoms in total. The van der Waals surface area contributed by atoms with Crippen molar-refractivity contribution >= 4 is 17.4 Å². The van der Waals surface area contributed by atoms with Crippen molar-refractivity contribution in [3.8, 4) is 0 Å². The average molecular weight is 264 g/mol. The summed E-state index contributed by atoms with van der Waals surface area (Å²) < 4.78 is 4.96. The second-order valence-electron chi connectivity index (χ2n) is 4.34. The number of para-hydroxylation sites is 1. The van der Waals surface area contributed by atoms with E-state index in [0.29, 0.717) is 17.9 Å². The molecule has 0 fully saturated rings. The summed E-state index contributed by atoms with van der Waals surface area (Å²) in [6.45, 7) is 2.33. The van der Waals surface area contributed by atoms with Crippen LogP contribution in [0.5, 0.6) is 0 Å². The van der Waals surface area contributed by atoms with E-state index in [0.717, 1.165) is 12.8 Å². The third kappa shape index (κ3) is 4.71. The van der Waals surface area contributed by atoms with E-state index in [4.69, 9.17) is 16.2 Å². The van der Waals surface area contributed by atoms with E-state index in [1.54, 1.807) is 24.3 Å². The lowest BCUT2D eigenvalue weighted by molar-refractivity contribution is -0.145. The summed E-state index contributed by atoms with van der Waals surface area (Å²) in [4.78, 5) is 23.5. The number of anilines is 1. The van der Waals surface area contributed by atoms with Crippen LogP contribution in [-0.2, 0) is 9.53 Å². The Morgan fingerprint density at radius 1 is 1.32 bits per heavy atom. The standard InChI is InChI=1S/C14H20N2O3/c1-2-3-8-19-14(18)12(16)9-13(17)10-6-4-5-7-11(10)15/h4-7,12H,2-3,8-9,15-16H2,1H3.